The van der Waals surface area contributed by atoms with E-state index < -0.39 is 5.82 Å². The van der Waals surface area contributed by atoms with E-state index in [9.17, 15) is 4.39 Å². The van der Waals surface area contributed by atoms with Crippen LogP contribution < -0.4 is 10.5 Å². The number of halogens is 2. The Labute approximate surface area is 118 Å². The number of benzene rings is 2. The minimum absolute atomic E-state index is 0.0324. The number of hydrogen-bond donors (Lipinski definition) is 2. The van der Waals surface area contributed by atoms with Gasteiger partial charge in [0.25, 0.3) is 0 Å². The van der Waals surface area contributed by atoms with E-state index in [1.165, 1.54) is 12.1 Å². The van der Waals surface area contributed by atoms with Crippen LogP contribution in [0.1, 0.15) is 11.1 Å². The maximum absolute atomic E-state index is 13.7. The quantitative estimate of drug-likeness (QED) is 0.663. The van der Waals surface area contributed by atoms with Crippen molar-refractivity contribution in [1.82, 2.24) is 0 Å². The fraction of sp³-hybridized carbons (Fsp3) is 0.0714. The average Bonchev–Trinajstić information content (AvgIpc) is 2.32. The monoisotopic (exact) mass is 322 g/mol. The van der Waals surface area contributed by atoms with Gasteiger partial charge >= 0.3 is 0 Å². The first-order valence-corrected chi connectivity index (χ1v) is 6.35. The molecule has 19 heavy (non-hydrogen) atoms. The first-order valence-electron chi connectivity index (χ1n) is 5.56. The third-order valence-corrected chi connectivity index (χ3v) is 3.17. The summed E-state index contributed by atoms with van der Waals surface area (Å²) in [5.74, 6) is -0.180. The minimum atomic E-state index is -0.576. The summed E-state index contributed by atoms with van der Waals surface area (Å²) >= 11 is 3.38. The molecule has 0 aromatic heterocycles. The van der Waals surface area contributed by atoms with Crippen LogP contribution in [-0.4, -0.2) is 5.84 Å². The van der Waals surface area contributed by atoms with Crippen LogP contribution in [0.4, 0.5) is 4.39 Å². The number of nitrogens with one attached hydrogen (secondary N) is 1. The van der Waals surface area contributed by atoms with Crippen LogP contribution in [0.5, 0.6) is 11.5 Å². The van der Waals surface area contributed by atoms with E-state index in [0.717, 1.165) is 10.0 Å². The van der Waals surface area contributed by atoms with Crippen molar-refractivity contribution < 1.29 is 9.13 Å². The van der Waals surface area contributed by atoms with E-state index in [1.807, 2.05) is 19.1 Å². The molecule has 0 radical (unpaired) electrons. The summed E-state index contributed by atoms with van der Waals surface area (Å²) in [5.41, 5.74) is 6.42. The summed E-state index contributed by atoms with van der Waals surface area (Å²) in [7, 11) is 0. The SMILES string of the molecule is Cc1ccc(Oc2cccc(F)c2C(=N)N)c(Br)c1. The van der Waals surface area contributed by atoms with Gasteiger partial charge in [-0.1, -0.05) is 12.1 Å². The van der Waals surface area contributed by atoms with E-state index in [4.69, 9.17) is 15.9 Å². The van der Waals surface area contributed by atoms with Crippen molar-refractivity contribution in [2.45, 2.75) is 6.92 Å². The van der Waals surface area contributed by atoms with Crippen molar-refractivity contribution in [2.75, 3.05) is 0 Å². The maximum atomic E-state index is 13.7. The Bertz CT molecular complexity index is 643. The summed E-state index contributed by atoms with van der Waals surface area (Å²) in [6.07, 6.45) is 0. The lowest BCUT2D eigenvalue weighted by Crippen LogP contribution is -2.14. The van der Waals surface area contributed by atoms with Gasteiger partial charge in [-0.2, -0.15) is 0 Å². The van der Waals surface area contributed by atoms with Gasteiger partial charge in [-0.15, -0.1) is 0 Å². The molecule has 2 rings (SSSR count). The van der Waals surface area contributed by atoms with Crippen LogP contribution in [0.15, 0.2) is 40.9 Å². The van der Waals surface area contributed by atoms with E-state index in [2.05, 4.69) is 15.9 Å². The predicted octanol–water partition coefficient (Wildman–Crippen LogP) is 3.97. The molecule has 5 heteroatoms. The molecule has 0 saturated carbocycles. The molecule has 0 atom stereocenters. The standard InChI is InChI=1S/C14H12BrFN2O/c1-8-5-6-11(9(15)7-8)19-12-4-2-3-10(16)13(12)14(17)18/h2-7H,1H3,(H3,17,18). The van der Waals surface area contributed by atoms with Gasteiger partial charge in [0, 0.05) is 0 Å². The van der Waals surface area contributed by atoms with Crippen molar-refractivity contribution >= 4 is 21.8 Å². The Morgan fingerprint density at radius 1 is 1.26 bits per heavy atom. The minimum Gasteiger partial charge on any atom is -0.455 e. The number of aryl methyl sites for hydroxylation is 1. The summed E-state index contributed by atoms with van der Waals surface area (Å²) in [4.78, 5) is 0. The van der Waals surface area contributed by atoms with E-state index in [0.29, 0.717) is 5.75 Å². The normalized spacial score (nSPS) is 10.3. The van der Waals surface area contributed by atoms with Crippen LogP contribution in [-0.2, 0) is 0 Å². The molecule has 98 valence electrons. The van der Waals surface area contributed by atoms with Crippen molar-refractivity contribution in [3.05, 3.63) is 57.8 Å². The summed E-state index contributed by atoms with van der Waals surface area (Å²) in [5, 5.41) is 7.42. The summed E-state index contributed by atoms with van der Waals surface area (Å²) in [6.45, 7) is 1.96. The number of nitrogens with two attached hydrogens (primary N) is 1. The van der Waals surface area contributed by atoms with Crippen LogP contribution >= 0.6 is 15.9 Å². The van der Waals surface area contributed by atoms with Gasteiger partial charge in [0.1, 0.15) is 23.2 Å². The molecule has 2 aromatic carbocycles. The van der Waals surface area contributed by atoms with Gasteiger partial charge in [-0.05, 0) is 52.7 Å². The third kappa shape index (κ3) is 2.93. The molecule has 0 aliphatic heterocycles. The Kier molecular flexibility index (Phi) is 3.85. The largest absolute Gasteiger partial charge is 0.455 e. The second kappa shape index (κ2) is 5.40. The van der Waals surface area contributed by atoms with Gasteiger partial charge in [-0.3, -0.25) is 5.41 Å². The van der Waals surface area contributed by atoms with Crippen molar-refractivity contribution in [2.24, 2.45) is 5.73 Å². The lowest BCUT2D eigenvalue weighted by molar-refractivity contribution is 0.472. The fourth-order valence-corrected chi connectivity index (χ4v) is 2.23. The molecule has 3 nitrogen and oxygen atoms in total. The molecule has 0 heterocycles. The van der Waals surface area contributed by atoms with Gasteiger partial charge in [-0.25, -0.2) is 4.39 Å². The molecule has 0 fully saturated rings. The van der Waals surface area contributed by atoms with Crippen LogP contribution in [0.2, 0.25) is 0 Å². The van der Waals surface area contributed by atoms with Crippen molar-refractivity contribution in [3.8, 4) is 11.5 Å². The smallest absolute Gasteiger partial charge is 0.141 e. The number of ether oxygens (including phenoxy) is 1. The van der Waals surface area contributed by atoms with Crippen LogP contribution in [0.25, 0.3) is 0 Å². The highest BCUT2D eigenvalue weighted by Gasteiger charge is 2.14. The van der Waals surface area contributed by atoms with Crippen molar-refractivity contribution in [1.29, 1.82) is 5.41 Å². The zero-order valence-corrected chi connectivity index (χ0v) is 11.8. The molecule has 2 aromatic rings. The second-order valence-electron chi connectivity index (χ2n) is 4.06. The van der Waals surface area contributed by atoms with Crippen LogP contribution in [0, 0.1) is 18.2 Å². The molecule has 0 aliphatic carbocycles. The number of rotatable bonds is 3. The highest BCUT2D eigenvalue weighted by molar-refractivity contribution is 9.10. The molecule has 0 spiro atoms. The summed E-state index contributed by atoms with van der Waals surface area (Å²) < 4.78 is 20.0. The van der Waals surface area contributed by atoms with E-state index in [-0.39, 0.29) is 17.1 Å². The van der Waals surface area contributed by atoms with Crippen molar-refractivity contribution in [3.63, 3.8) is 0 Å². The molecule has 0 amide bonds. The highest BCUT2D eigenvalue weighted by atomic mass is 79.9. The molecule has 0 aliphatic rings. The van der Waals surface area contributed by atoms with Gasteiger partial charge in [0.2, 0.25) is 0 Å². The predicted molar refractivity (Wildman–Crippen MR) is 76.4 cm³/mol. The first-order chi connectivity index (χ1) is 8.99. The van der Waals surface area contributed by atoms with Crippen LogP contribution in [0.3, 0.4) is 0 Å². The molecular formula is C14H12BrFN2O. The fourth-order valence-electron chi connectivity index (χ4n) is 1.66. The topological polar surface area (TPSA) is 59.1 Å². The maximum Gasteiger partial charge on any atom is 0.141 e. The molecule has 0 bridgehead atoms. The second-order valence-corrected chi connectivity index (χ2v) is 4.92. The molecule has 3 N–H and O–H groups in total. The van der Waals surface area contributed by atoms with Gasteiger partial charge in [0.15, 0.2) is 0 Å². The molecule has 0 saturated heterocycles. The number of amidine groups is 1. The lowest BCUT2D eigenvalue weighted by atomic mass is 10.1. The highest BCUT2D eigenvalue weighted by Crippen LogP contribution is 2.32. The first kappa shape index (κ1) is 13.5. The Morgan fingerprint density at radius 2 is 2.00 bits per heavy atom. The van der Waals surface area contributed by atoms with E-state index >= 15 is 0 Å². The zero-order chi connectivity index (χ0) is 14.0. The Balaban J connectivity index is 2.44. The van der Waals surface area contributed by atoms with Gasteiger partial charge in [0.05, 0.1) is 10.0 Å². The molecular weight excluding hydrogens is 311 g/mol. The Morgan fingerprint density at radius 3 is 2.63 bits per heavy atom. The Hall–Kier alpha value is -1.88. The van der Waals surface area contributed by atoms with E-state index in [1.54, 1.807) is 12.1 Å². The number of hydrogen-bond acceptors (Lipinski definition) is 2. The molecule has 0 unspecified atom stereocenters. The third-order valence-electron chi connectivity index (χ3n) is 2.55. The zero-order valence-electron chi connectivity index (χ0n) is 10.2. The lowest BCUT2D eigenvalue weighted by Gasteiger charge is -2.12. The van der Waals surface area contributed by atoms with Gasteiger partial charge < -0.3 is 10.5 Å². The number of nitrogen functional groups attached to an aromatic ring is 1. The average molecular weight is 323 g/mol. The summed E-state index contributed by atoms with van der Waals surface area (Å²) in [6, 6.07) is 9.88.